The molecule has 0 amide bonds. The molecule has 0 atom stereocenters. The van der Waals surface area contributed by atoms with Gasteiger partial charge in [-0.05, 0) is 6.92 Å². The number of aliphatic imine (C=N–C) groups is 1. The van der Waals surface area contributed by atoms with Gasteiger partial charge in [-0.25, -0.2) is 4.98 Å². The molecule has 5 nitrogen and oxygen atoms in total. The van der Waals surface area contributed by atoms with Gasteiger partial charge in [0.05, 0.1) is 18.8 Å². The van der Waals surface area contributed by atoms with Gasteiger partial charge < -0.3 is 15.4 Å². The van der Waals surface area contributed by atoms with Crippen LogP contribution in [0, 0.1) is 0 Å². The Hall–Kier alpha value is -1.14. The Labute approximate surface area is 125 Å². The van der Waals surface area contributed by atoms with Crippen LogP contribution in [0.5, 0.6) is 0 Å². The minimum atomic E-state index is 0.103. The van der Waals surface area contributed by atoms with Crippen molar-refractivity contribution in [1.29, 1.82) is 0 Å². The van der Waals surface area contributed by atoms with Crippen molar-refractivity contribution in [2.45, 2.75) is 39.7 Å². The Balaban J connectivity index is 2.39. The monoisotopic (exact) mass is 298 g/mol. The van der Waals surface area contributed by atoms with Gasteiger partial charge in [0.1, 0.15) is 5.01 Å². The van der Waals surface area contributed by atoms with Gasteiger partial charge in [-0.1, -0.05) is 20.8 Å². The molecule has 1 aromatic rings. The minimum Gasteiger partial charge on any atom is -0.380 e. The molecule has 0 bridgehead atoms. The lowest BCUT2D eigenvalue weighted by Crippen LogP contribution is -2.38. The van der Waals surface area contributed by atoms with Crippen LogP contribution in [0.4, 0.5) is 0 Å². The van der Waals surface area contributed by atoms with Crippen LogP contribution >= 0.6 is 11.3 Å². The third kappa shape index (κ3) is 5.88. The summed E-state index contributed by atoms with van der Waals surface area (Å²) in [4.78, 5) is 8.82. The first kappa shape index (κ1) is 16.9. The van der Waals surface area contributed by atoms with E-state index in [1.807, 2.05) is 6.92 Å². The van der Waals surface area contributed by atoms with Crippen molar-refractivity contribution in [2.24, 2.45) is 4.99 Å². The molecule has 1 rings (SSSR count). The van der Waals surface area contributed by atoms with Gasteiger partial charge in [0, 0.05) is 31.0 Å². The van der Waals surface area contributed by atoms with E-state index in [4.69, 9.17) is 4.74 Å². The first-order valence-corrected chi connectivity index (χ1v) is 7.82. The molecule has 0 spiro atoms. The Kier molecular flexibility index (Phi) is 6.95. The highest BCUT2D eigenvalue weighted by molar-refractivity contribution is 7.09. The van der Waals surface area contributed by atoms with Gasteiger partial charge in [-0.2, -0.15) is 0 Å². The number of hydrogen-bond donors (Lipinski definition) is 2. The smallest absolute Gasteiger partial charge is 0.191 e. The topological polar surface area (TPSA) is 58.5 Å². The van der Waals surface area contributed by atoms with Crippen molar-refractivity contribution in [2.75, 3.05) is 26.8 Å². The van der Waals surface area contributed by atoms with Crippen molar-refractivity contribution in [3.63, 3.8) is 0 Å². The maximum Gasteiger partial charge on any atom is 0.191 e. The summed E-state index contributed by atoms with van der Waals surface area (Å²) in [5, 5.41) is 9.66. The van der Waals surface area contributed by atoms with Crippen LogP contribution in [-0.4, -0.2) is 37.7 Å². The summed E-state index contributed by atoms with van der Waals surface area (Å²) in [6.45, 7) is 11.4. The van der Waals surface area contributed by atoms with Crippen molar-refractivity contribution in [1.82, 2.24) is 15.6 Å². The second kappa shape index (κ2) is 8.21. The van der Waals surface area contributed by atoms with Gasteiger partial charge in [0.25, 0.3) is 0 Å². The number of aromatic nitrogens is 1. The second-order valence-corrected chi connectivity index (χ2v) is 6.37. The summed E-state index contributed by atoms with van der Waals surface area (Å²) in [7, 11) is 1.76. The fraction of sp³-hybridized carbons (Fsp3) is 0.714. The maximum absolute atomic E-state index is 5.28. The van der Waals surface area contributed by atoms with Crippen LogP contribution in [0.2, 0.25) is 0 Å². The lowest BCUT2D eigenvalue weighted by molar-refractivity contribution is 0.152. The van der Waals surface area contributed by atoms with E-state index in [1.54, 1.807) is 18.4 Å². The van der Waals surface area contributed by atoms with Gasteiger partial charge in [-0.3, -0.25) is 4.99 Å². The van der Waals surface area contributed by atoms with E-state index in [0.29, 0.717) is 13.2 Å². The zero-order valence-corrected chi connectivity index (χ0v) is 13.9. The zero-order valence-electron chi connectivity index (χ0n) is 13.1. The third-order valence-corrected chi connectivity index (χ3v) is 3.54. The molecule has 0 unspecified atom stereocenters. The van der Waals surface area contributed by atoms with E-state index >= 15 is 0 Å². The van der Waals surface area contributed by atoms with Gasteiger partial charge >= 0.3 is 0 Å². The summed E-state index contributed by atoms with van der Waals surface area (Å²) in [6, 6.07) is 0. The summed E-state index contributed by atoms with van der Waals surface area (Å²) in [6.07, 6.45) is 0. The van der Waals surface area contributed by atoms with Crippen LogP contribution < -0.4 is 10.6 Å². The summed E-state index contributed by atoms with van der Waals surface area (Å²) in [5.41, 5.74) is 1.24. The van der Waals surface area contributed by atoms with Crippen LogP contribution in [0.15, 0.2) is 10.4 Å². The summed E-state index contributed by atoms with van der Waals surface area (Å²) in [5.74, 6) is 0.775. The fourth-order valence-electron chi connectivity index (χ4n) is 1.50. The minimum absolute atomic E-state index is 0.103. The molecule has 0 fully saturated rings. The molecule has 0 aliphatic rings. The number of nitrogens with one attached hydrogen (secondary N) is 2. The van der Waals surface area contributed by atoms with Gasteiger partial charge in [0.15, 0.2) is 5.96 Å². The fourth-order valence-corrected chi connectivity index (χ4v) is 2.46. The maximum atomic E-state index is 5.28. The first-order chi connectivity index (χ1) is 9.47. The molecule has 20 heavy (non-hydrogen) atoms. The summed E-state index contributed by atoms with van der Waals surface area (Å²) < 4.78 is 5.28. The summed E-state index contributed by atoms with van der Waals surface area (Å²) >= 11 is 1.68. The van der Waals surface area contributed by atoms with Crippen molar-refractivity contribution in [3.05, 3.63) is 16.1 Å². The largest absolute Gasteiger partial charge is 0.380 e. The normalized spacial score (nSPS) is 12.6. The standard InChI is InChI=1S/C14H26N4OS/c1-6-19-8-7-16-13(15-5)17-9-12-18-11(10-20-12)14(2,3)4/h10H,6-9H2,1-5H3,(H2,15,16,17). The predicted molar refractivity (Wildman–Crippen MR) is 85.5 cm³/mol. The molecule has 6 heteroatoms. The van der Waals surface area contributed by atoms with Gasteiger partial charge in [0.2, 0.25) is 0 Å². The number of rotatable bonds is 6. The van der Waals surface area contributed by atoms with E-state index in [-0.39, 0.29) is 5.41 Å². The van der Waals surface area contributed by atoms with E-state index in [9.17, 15) is 0 Å². The zero-order chi connectivity index (χ0) is 15.0. The van der Waals surface area contributed by atoms with Crippen molar-refractivity contribution < 1.29 is 4.74 Å². The van der Waals surface area contributed by atoms with E-state index in [0.717, 1.165) is 29.8 Å². The quantitative estimate of drug-likeness (QED) is 0.480. The molecule has 1 heterocycles. The Morgan fingerprint density at radius 3 is 2.70 bits per heavy atom. The van der Waals surface area contributed by atoms with Crippen LogP contribution in [0.25, 0.3) is 0 Å². The number of thiazole rings is 1. The third-order valence-electron chi connectivity index (χ3n) is 2.69. The molecule has 0 radical (unpaired) electrons. The number of hydrogen-bond acceptors (Lipinski definition) is 4. The Morgan fingerprint density at radius 2 is 2.15 bits per heavy atom. The number of ether oxygens (including phenoxy) is 1. The van der Waals surface area contributed by atoms with E-state index in [2.05, 4.69) is 46.8 Å². The predicted octanol–water partition coefficient (Wildman–Crippen LogP) is 2.14. The number of guanidine groups is 1. The molecule has 2 N–H and O–H groups in total. The molecular weight excluding hydrogens is 272 g/mol. The Bertz CT molecular complexity index is 423. The van der Waals surface area contributed by atoms with Crippen LogP contribution in [0.1, 0.15) is 38.4 Å². The van der Waals surface area contributed by atoms with Crippen molar-refractivity contribution >= 4 is 17.3 Å². The average Bonchev–Trinajstić information content (AvgIpc) is 2.87. The first-order valence-electron chi connectivity index (χ1n) is 6.94. The second-order valence-electron chi connectivity index (χ2n) is 5.43. The van der Waals surface area contributed by atoms with Crippen molar-refractivity contribution in [3.8, 4) is 0 Å². The highest BCUT2D eigenvalue weighted by atomic mass is 32.1. The SMILES string of the molecule is CCOCCNC(=NC)NCc1nc(C(C)(C)C)cs1. The average molecular weight is 298 g/mol. The molecule has 0 aliphatic carbocycles. The highest BCUT2D eigenvalue weighted by Crippen LogP contribution is 2.23. The van der Waals surface area contributed by atoms with Crippen LogP contribution in [-0.2, 0) is 16.7 Å². The van der Waals surface area contributed by atoms with E-state index in [1.165, 1.54) is 0 Å². The molecule has 114 valence electrons. The molecule has 1 aromatic heterocycles. The molecule has 0 saturated carbocycles. The lowest BCUT2D eigenvalue weighted by atomic mass is 9.93. The molecule has 0 aromatic carbocycles. The highest BCUT2D eigenvalue weighted by Gasteiger charge is 2.17. The number of nitrogens with zero attached hydrogens (tertiary/aromatic N) is 2. The molecule has 0 aliphatic heterocycles. The Morgan fingerprint density at radius 1 is 1.40 bits per heavy atom. The van der Waals surface area contributed by atoms with Crippen LogP contribution in [0.3, 0.4) is 0 Å². The van der Waals surface area contributed by atoms with Gasteiger partial charge in [-0.15, -0.1) is 11.3 Å². The molecular formula is C14H26N4OS. The lowest BCUT2D eigenvalue weighted by Gasteiger charge is -2.14. The molecule has 0 saturated heterocycles. The van der Waals surface area contributed by atoms with E-state index < -0.39 is 0 Å².